The fourth-order valence-electron chi connectivity index (χ4n) is 4.06. The van der Waals surface area contributed by atoms with E-state index >= 15 is 0 Å². The highest BCUT2D eigenvalue weighted by molar-refractivity contribution is 5.94. The minimum Gasteiger partial charge on any atom is -0.376 e. The lowest BCUT2D eigenvalue weighted by molar-refractivity contribution is -0.117. The minimum absolute atomic E-state index is 0.0681. The molecule has 1 amide bonds. The van der Waals surface area contributed by atoms with Crippen molar-refractivity contribution in [3.05, 3.63) is 72.3 Å². The van der Waals surface area contributed by atoms with Gasteiger partial charge in [-0.25, -0.2) is 9.97 Å². The van der Waals surface area contributed by atoms with Gasteiger partial charge >= 0.3 is 0 Å². The Morgan fingerprint density at radius 1 is 1.11 bits per heavy atom. The van der Waals surface area contributed by atoms with Crippen molar-refractivity contribution >= 4 is 17.3 Å². The summed E-state index contributed by atoms with van der Waals surface area (Å²) in [6, 6.07) is 15.0. The molecule has 5 heteroatoms. The third-order valence-corrected chi connectivity index (χ3v) is 5.27. The molecule has 1 aromatic heterocycles. The molecule has 2 atom stereocenters. The van der Waals surface area contributed by atoms with E-state index in [9.17, 15) is 4.79 Å². The van der Waals surface area contributed by atoms with Crippen LogP contribution in [-0.2, 0) is 4.79 Å². The summed E-state index contributed by atoms with van der Waals surface area (Å²) in [5.41, 5.74) is 6.52. The molecule has 28 heavy (non-hydrogen) atoms. The molecule has 0 saturated heterocycles. The van der Waals surface area contributed by atoms with Crippen molar-refractivity contribution in [2.24, 2.45) is 0 Å². The van der Waals surface area contributed by atoms with Gasteiger partial charge in [0.05, 0.1) is 24.1 Å². The van der Waals surface area contributed by atoms with E-state index in [1.165, 1.54) is 17.5 Å². The molecule has 3 aromatic rings. The monoisotopic (exact) mass is 372 g/mol. The van der Waals surface area contributed by atoms with Gasteiger partial charge in [0.2, 0.25) is 5.91 Å². The number of aromatic nitrogens is 2. The highest BCUT2D eigenvalue weighted by Crippen LogP contribution is 2.41. The van der Waals surface area contributed by atoms with E-state index in [1.807, 2.05) is 4.90 Å². The quantitative estimate of drug-likeness (QED) is 0.721. The Hall–Kier alpha value is -3.21. The second kappa shape index (κ2) is 7.43. The number of hydrogen-bond donors (Lipinski definition) is 1. The van der Waals surface area contributed by atoms with Crippen molar-refractivity contribution in [3.8, 4) is 11.1 Å². The highest BCUT2D eigenvalue weighted by atomic mass is 16.2. The second-order valence-electron chi connectivity index (χ2n) is 7.44. The molecule has 2 heterocycles. The standard InChI is InChI=1S/C23H24N4O/c1-15-5-4-6-18(9-15)19-7-8-23-21(11-19)22(10-16(2)27(23)17(3)28)26-20-12-24-14-25-13-20/h4-9,11-14,16,22,26H,10H2,1-3H3/t16-,22+/m0/s1. The molecule has 0 unspecified atom stereocenters. The molecule has 2 aromatic carbocycles. The van der Waals surface area contributed by atoms with Gasteiger partial charge in [-0.15, -0.1) is 0 Å². The molecular formula is C23H24N4O. The van der Waals surface area contributed by atoms with E-state index in [0.29, 0.717) is 0 Å². The summed E-state index contributed by atoms with van der Waals surface area (Å²) in [5, 5.41) is 3.55. The summed E-state index contributed by atoms with van der Waals surface area (Å²) >= 11 is 0. The third-order valence-electron chi connectivity index (χ3n) is 5.27. The van der Waals surface area contributed by atoms with Gasteiger partial charge in [-0.2, -0.15) is 0 Å². The first-order valence-corrected chi connectivity index (χ1v) is 9.55. The average Bonchev–Trinajstić information content (AvgIpc) is 2.68. The molecule has 0 spiro atoms. The average molecular weight is 372 g/mol. The fraction of sp³-hybridized carbons (Fsp3) is 0.261. The van der Waals surface area contributed by atoms with Gasteiger partial charge in [0.15, 0.2) is 0 Å². The lowest BCUT2D eigenvalue weighted by atomic mass is 9.88. The van der Waals surface area contributed by atoms with Crippen LogP contribution in [0.25, 0.3) is 11.1 Å². The first kappa shape index (κ1) is 18.2. The van der Waals surface area contributed by atoms with E-state index in [2.05, 4.69) is 71.6 Å². The van der Waals surface area contributed by atoms with Crippen molar-refractivity contribution in [3.63, 3.8) is 0 Å². The number of rotatable bonds is 3. The Morgan fingerprint density at radius 3 is 2.57 bits per heavy atom. The smallest absolute Gasteiger partial charge is 0.224 e. The van der Waals surface area contributed by atoms with Gasteiger partial charge in [0.25, 0.3) is 0 Å². The van der Waals surface area contributed by atoms with Crippen LogP contribution in [0.4, 0.5) is 11.4 Å². The number of carbonyl (C=O) groups excluding carboxylic acids is 1. The van der Waals surface area contributed by atoms with Crippen LogP contribution in [0.3, 0.4) is 0 Å². The van der Waals surface area contributed by atoms with Crippen molar-refractivity contribution in [2.75, 3.05) is 10.2 Å². The predicted molar refractivity (Wildman–Crippen MR) is 112 cm³/mol. The molecule has 5 nitrogen and oxygen atoms in total. The topological polar surface area (TPSA) is 58.1 Å². The molecule has 0 saturated carbocycles. The Morgan fingerprint density at radius 2 is 1.86 bits per heavy atom. The van der Waals surface area contributed by atoms with Gasteiger partial charge in [-0.3, -0.25) is 4.79 Å². The SMILES string of the molecule is CC(=O)N1c2ccc(-c3cccc(C)c3)cc2[C@H](Nc2cncnc2)C[C@@H]1C. The first-order valence-electron chi connectivity index (χ1n) is 9.55. The van der Waals surface area contributed by atoms with E-state index in [1.54, 1.807) is 19.3 Å². The fourth-order valence-corrected chi connectivity index (χ4v) is 4.06. The Balaban J connectivity index is 1.79. The number of fused-ring (bicyclic) bond motifs is 1. The molecular weight excluding hydrogens is 348 g/mol. The lowest BCUT2D eigenvalue weighted by Gasteiger charge is -2.39. The van der Waals surface area contributed by atoms with Gasteiger partial charge in [0.1, 0.15) is 6.33 Å². The van der Waals surface area contributed by atoms with Gasteiger partial charge in [-0.1, -0.05) is 35.9 Å². The number of nitrogens with zero attached hydrogens (tertiary/aromatic N) is 3. The Kier molecular flexibility index (Phi) is 4.82. The minimum atomic E-state index is 0.0681. The molecule has 0 fully saturated rings. The summed E-state index contributed by atoms with van der Waals surface area (Å²) in [7, 11) is 0. The van der Waals surface area contributed by atoms with E-state index in [4.69, 9.17) is 0 Å². The van der Waals surface area contributed by atoms with Crippen molar-refractivity contribution < 1.29 is 4.79 Å². The number of hydrogen-bond acceptors (Lipinski definition) is 4. The maximum absolute atomic E-state index is 12.3. The van der Waals surface area contributed by atoms with Crippen LogP contribution >= 0.6 is 0 Å². The molecule has 1 aliphatic heterocycles. The van der Waals surface area contributed by atoms with Crippen molar-refractivity contribution in [1.82, 2.24) is 9.97 Å². The van der Waals surface area contributed by atoms with Crippen LogP contribution < -0.4 is 10.2 Å². The second-order valence-corrected chi connectivity index (χ2v) is 7.44. The van der Waals surface area contributed by atoms with Crippen molar-refractivity contribution in [2.45, 2.75) is 39.3 Å². The molecule has 4 rings (SSSR count). The van der Waals surface area contributed by atoms with Gasteiger partial charge in [0, 0.05) is 18.7 Å². The maximum atomic E-state index is 12.3. The van der Waals surface area contributed by atoms with Crippen LogP contribution in [0.5, 0.6) is 0 Å². The predicted octanol–water partition coefficient (Wildman–Crippen LogP) is 4.75. The molecule has 1 aliphatic rings. The van der Waals surface area contributed by atoms with Crippen molar-refractivity contribution in [1.29, 1.82) is 0 Å². The third kappa shape index (κ3) is 3.48. The number of aryl methyl sites for hydroxylation is 1. The summed E-state index contributed by atoms with van der Waals surface area (Å²) < 4.78 is 0. The lowest BCUT2D eigenvalue weighted by Crippen LogP contribution is -2.43. The number of carbonyl (C=O) groups is 1. The van der Waals surface area contributed by atoms with Crippen LogP contribution in [0.1, 0.15) is 37.4 Å². The molecule has 0 radical (unpaired) electrons. The van der Waals surface area contributed by atoms with Gasteiger partial charge in [-0.05, 0) is 49.1 Å². The summed E-state index contributed by atoms with van der Waals surface area (Å²) in [5.74, 6) is 0.0681. The number of anilines is 2. The zero-order valence-corrected chi connectivity index (χ0v) is 16.4. The van der Waals surface area contributed by atoms with E-state index in [-0.39, 0.29) is 18.0 Å². The molecule has 0 aliphatic carbocycles. The number of nitrogens with one attached hydrogen (secondary N) is 1. The van der Waals surface area contributed by atoms with E-state index < -0.39 is 0 Å². The number of amides is 1. The maximum Gasteiger partial charge on any atom is 0.224 e. The van der Waals surface area contributed by atoms with Crippen LogP contribution in [0, 0.1) is 6.92 Å². The van der Waals surface area contributed by atoms with Crippen LogP contribution in [-0.4, -0.2) is 21.9 Å². The summed E-state index contributed by atoms with van der Waals surface area (Å²) in [4.78, 5) is 22.4. The highest BCUT2D eigenvalue weighted by Gasteiger charge is 2.32. The summed E-state index contributed by atoms with van der Waals surface area (Å²) in [6.07, 6.45) is 5.90. The van der Waals surface area contributed by atoms with E-state index in [0.717, 1.165) is 28.9 Å². The van der Waals surface area contributed by atoms with Crippen LogP contribution in [0.15, 0.2) is 61.2 Å². The normalized spacial score (nSPS) is 18.5. The zero-order valence-electron chi connectivity index (χ0n) is 16.4. The molecule has 142 valence electrons. The van der Waals surface area contributed by atoms with Crippen LogP contribution in [0.2, 0.25) is 0 Å². The molecule has 1 N–H and O–H groups in total. The Labute approximate surface area is 165 Å². The van der Waals surface area contributed by atoms with Gasteiger partial charge < -0.3 is 10.2 Å². The Bertz CT molecular complexity index is 1000. The molecule has 0 bridgehead atoms. The largest absolute Gasteiger partial charge is 0.376 e. The summed E-state index contributed by atoms with van der Waals surface area (Å²) in [6.45, 7) is 5.82. The first-order chi connectivity index (χ1) is 13.5. The zero-order chi connectivity index (χ0) is 19.7. The number of benzene rings is 2.